The minimum absolute atomic E-state index is 0.0324. The molecule has 1 aromatic heterocycles. The van der Waals surface area contributed by atoms with Crippen molar-refractivity contribution in [3.63, 3.8) is 0 Å². The number of hydrogen-bond acceptors (Lipinski definition) is 8. The molecule has 1 N–H and O–H groups in total. The number of nitrogens with one attached hydrogen (secondary N) is 1. The number of aromatic nitrogens is 1. The fourth-order valence-electron chi connectivity index (χ4n) is 6.19. The van der Waals surface area contributed by atoms with Crippen LogP contribution in [0.25, 0.3) is 10.8 Å². The van der Waals surface area contributed by atoms with Gasteiger partial charge in [-0.2, -0.15) is 10.2 Å². The van der Waals surface area contributed by atoms with Gasteiger partial charge in [-0.1, -0.05) is 42.5 Å². The highest BCUT2D eigenvalue weighted by Crippen LogP contribution is 2.44. The smallest absolute Gasteiger partial charge is 0.433 e. The van der Waals surface area contributed by atoms with E-state index < -0.39 is 6.04 Å². The first-order valence-corrected chi connectivity index (χ1v) is 13.1. The van der Waals surface area contributed by atoms with Crippen molar-refractivity contribution in [2.75, 3.05) is 45.4 Å². The van der Waals surface area contributed by atoms with Crippen LogP contribution in [0.2, 0.25) is 0 Å². The number of nitrogens with zero attached hydrogens (tertiary/aromatic N) is 5. The molecule has 2 aromatic carbocycles. The Kier molecular flexibility index (Phi) is 6.18. The van der Waals surface area contributed by atoms with Crippen molar-refractivity contribution in [1.29, 1.82) is 5.26 Å². The third kappa shape index (κ3) is 3.75. The molecule has 3 aromatic rings. The first-order chi connectivity index (χ1) is 18.9. The van der Waals surface area contributed by atoms with Gasteiger partial charge in [-0.05, 0) is 24.1 Å². The lowest BCUT2D eigenvalue weighted by atomic mass is 10.1. The van der Waals surface area contributed by atoms with Gasteiger partial charge in [0.1, 0.15) is 23.4 Å². The minimum Gasteiger partial charge on any atom is -0.493 e. The van der Waals surface area contributed by atoms with E-state index >= 15 is 0 Å². The average Bonchev–Trinajstić information content (AvgIpc) is 3.60. The second-order valence-corrected chi connectivity index (χ2v) is 10.4. The maximum absolute atomic E-state index is 14.2. The molecule has 1 spiro atoms. The number of carbonyl (C=O) groups is 2. The Morgan fingerprint density at radius 1 is 1.15 bits per heavy atom. The van der Waals surface area contributed by atoms with E-state index in [9.17, 15) is 14.9 Å². The second kappa shape index (κ2) is 9.57. The monoisotopic (exact) mass is 543 g/mol. The van der Waals surface area contributed by atoms with E-state index in [-0.39, 0.29) is 28.2 Å². The quantitative estimate of drug-likeness (QED) is 0.273. The molecule has 11 heteroatoms. The van der Waals surface area contributed by atoms with Crippen LogP contribution in [-0.4, -0.2) is 83.9 Å². The summed E-state index contributed by atoms with van der Waals surface area (Å²) in [5, 5.41) is 14.1. The standard InChI is InChI=1S/C28H26N6O4S/c1-37-24-8-7-17(11-25(24)38-2)9-10-30-26(39)22-14-32-15-23-27(35)33(28(36)34(22,23)16-32)21-13-31-20(12-29)18-5-3-4-6-19(18)21/h3-8,11,13,22-23H,9-10,14-16H2,1-2H3/p+1. The minimum atomic E-state index is -0.531. The van der Waals surface area contributed by atoms with Gasteiger partial charge >= 0.3 is 6.03 Å². The van der Waals surface area contributed by atoms with Gasteiger partial charge in [0.2, 0.25) is 0 Å². The predicted octanol–water partition coefficient (Wildman–Crippen LogP) is 2.59. The van der Waals surface area contributed by atoms with Crippen LogP contribution in [0.5, 0.6) is 11.5 Å². The molecule has 4 heterocycles. The number of fused-ring (bicyclic) bond motifs is 2. The molecule has 0 radical (unpaired) electrons. The van der Waals surface area contributed by atoms with Crippen LogP contribution in [0.3, 0.4) is 0 Å². The topological polar surface area (TPSA) is 108 Å². The summed E-state index contributed by atoms with van der Waals surface area (Å²) in [5.74, 6) is 1.08. The summed E-state index contributed by atoms with van der Waals surface area (Å²) < 4.78 is 10.7. The highest BCUT2D eigenvalue weighted by atomic mass is 32.1. The van der Waals surface area contributed by atoms with Crippen LogP contribution in [0.4, 0.5) is 10.5 Å². The highest BCUT2D eigenvalue weighted by Gasteiger charge is 2.73. The Hall–Kier alpha value is -4.11. The number of nitriles is 1. The Morgan fingerprint density at radius 3 is 2.67 bits per heavy atom. The second-order valence-electron chi connectivity index (χ2n) is 9.98. The molecule has 0 saturated carbocycles. The van der Waals surface area contributed by atoms with E-state index in [0.29, 0.717) is 65.7 Å². The molecular formula is C28H27N6O4S+. The number of methoxy groups -OCH3 is 2. The number of amides is 3. The highest BCUT2D eigenvalue weighted by molar-refractivity contribution is 7.80. The number of imide groups is 1. The number of anilines is 1. The van der Waals surface area contributed by atoms with Crippen molar-refractivity contribution in [3.05, 3.63) is 59.9 Å². The van der Waals surface area contributed by atoms with Crippen LogP contribution in [0.15, 0.2) is 48.7 Å². The first-order valence-electron chi connectivity index (χ1n) is 12.7. The molecule has 39 heavy (non-hydrogen) atoms. The number of rotatable bonds is 7. The lowest BCUT2D eigenvalue weighted by Gasteiger charge is -2.34. The predicted molar refractivity (Wildman–Crippen MR) is 147 cm³/mol. The van der Waals surface area contributed by atoms with E-state index in [2.05, 4.69) is 21.3 Å². The summed E-state index contributed by atoms with van der Waals surface area (Å²) >= 11 is 5.83. The molecule has 0 aliphatic carbocycles. The van der Waals surface area contributed by atoms with E-state index in [4.69, 9.17) is 21.7 Å². The van der Waals surface area contributed by atoms with E-state index in [1.54, 1.807) is 20.3 Å². The van der Waals surface area contributed by atoms with Crippen molar-refractivity contribution in [2.45, 2.75) is 18.5 Å². The Morgan fingerprint density at radius 2 is 1.92 bits per heavy atom. The number of hydrogen-bond donors (Lipinski definition) is 1. The van der Waals surface area contributed by atoms with Crippen molar-refractivity contribution < 1.29 is 23.5 Å². The molecule has 3 saturated heterocycles. The van der Waals surface area contributed by atoms with Crippen molar-refractivity contribution in [2.24, 2.45) is 0 Å². The maximum atomic E-state index is 14.2. The van der Waals surface area contributed by atoms with Crippen molar-refractivity contribution in [3.8, 4) is 17.6 Å². The summed E-state index contributed by atoms with van der Waals surface area (Å²) in [7, 11) is 3.21. The summed E-state index contributed by atoms with van der Waals surface area (Å²) in [6, 6.07) is 13.9. The average molecular weight is 544 g/mol. The van der Waals surface area contributed by atoms with E-state index in [0.717, 1.165) is 5.56 Å². The third-order valence-corrected chi connectivity index (χ3v) is 8.46. The molecule has 198 valence electrons. The Balaban J connectivity index is 1.24. The maximum Gasteiger partial charge on any atom is 0.433 e. The molecule has 2 bridgehead atoms. The largest absolute Gasteiger partial charge is 0.493 e. The molecule has 4 atom stereocenters. The summed E-state index contributed by atoms with van der Waals surface area (Å²) in [6.07, 6.45) is 2.15. The SMILES string of the molecule is COc1ccc(CCNC(=S)C2CN3CC4C(=O)N(c5cnc(C#N)c6ccccc56)C(=O)[N+]42C3)cc1OC. The van der Waals surface area contributed by atoms with Gasteiger partial charge in [0, 0.05) is 17.3 Å². The van der Waals surface area contributed by atoms with E-state index in [1.807, 2.05) is 36.4 Å². The van der Waals surface area contributed by atoms with Crippen LogP contribution in [0, 0.1) is 11.3 Å². The molecule has 3 aliphatic heterocycles. The van der Waals surface area contributed by atoms with Crippen molar-refractivity contribution in [1.82, 2.24) is 15.2 Å². The third-order valence-electron chi connectivity index (χ3n) is 8.05. The summed E-state index contributed by atoms with van der Waals surface area (Å²) in [4.78, 5) is 36.1. The normalized spacial score (nSPS) is 25.1. The summed E-state index contributed by atoms with van der Waals surface area (Å²) in [5.41, 5.74) is 1.72. The Bertz CT molecular complexity index is 1570. The number of pyridine rings is 1. The first kappa shape index (κ1) is 25.2. The molecule has 3 fully saturated rings. The molecular weight excluding hydrogens is 516 g/mol. The van der Waals surface area contributed by atoms with Crippen molar-refractivity contribution >= 4 is 45.6 Å². The Labute approximate surface area is 230 Å². The number of piperazine rings is 1. The van der Waals surface area contributed by atoms with E-state index in [1.165, 1.54) is 11.1 Å². The van der Waals surface area contributed by atoms with Gasteiger partial charge in [-0.25, -0.2) is 19.2 Å². The lowest BCUT2D eigenvalue weighted by Crippen LogP contribution is -2.64. The molecule has 6 rings (SSSR count). The number of urea groups is 1. The van der Waals surface area contributed by atoms with Gasteiger partial charge < -0.3 is 14.8 Å². The van der Waals surface area contributed by atoms with Crippen LogP contribution >= 0.6 is 12.2 Å². The zero-order chi connectivity index (χ0) is 27.3. The van der Waals surface area contributed by atoms with Gasteiger partial charge in [-0.15, -0.1) is 0 Å². The van der Waals surface area contributed by atoms with Crippen LogP contribution < -0.4 is 19.7 Å². The summed E-state index contributed by atoms with van der Waals surface area (Å²) in [6.45, 7) is 2.13. The lowest BCUT2D eigenvalue weighted by molar-refractivity contribution is -0.851. The van der Waals surface area contributed by atoms with Gasteiger partial charge in [0.05, 0.1) is 39.2 Å². The molecule has 4 unspecified atom stereocenters. The fourth-order valence-corrected chi connectivity index (χ4v) is 6.56. The molecule has 10 nitrogen and oxygen atoms in total. The molecule has 3 aliphatic rings. The van der Waals surface area contributed by atoms with Gasteiger partial charge in [0.15, 0.2) is 23.6 Å². The zero-order valence-corrected chi connectivity index (χ0v) is 22.4. The number of quaternary nitrogens is 1. The number of thiocarbonyl (C=S) groups is 1. The van der Waals surface area contributed by atoms with Crippen LogP contribution in [0.1, 0.15) is 11.3 Å². The number of benzene rings is 2. The number of ether oxygens (including phenoxy) is 2. The molecule has 3 amide bonds. The number of carbonyl (C=O) groups excluding carboxylic acids is 2. The van der Waals surface area contributed by atoms with Gasteiger partial charge in [0.25, 0.3) is 5.91 Å². The van der Waals surface area contributed by atoms with Crippen LogP contribution in [-0.2, 0) is 11.2 Å². The van der Waals surface area contributed by atoms with Gasteiger partial charge in [-0.3, -0.25) is 4.79 Å². The zero-order valence-electron chi connectivity index (χ0n) is 21.6. The fraction of sp³-hybridized carbons (Fsp3) is 0.321.